The van der Waals surface area contributed by atoms with Crippen molar-refractivity contribution in [2.75, 3.05) is 11.8 Å². The molecule has 0 amide bonds. The van der Waals surface area contributed by atoms with E-state index < -0.39 is 63.2 Å². The van der Waals surface area contributed by atoms with Crippen LogP contribution in [0.4, 0.5) is 8.78 Å². The maximum atomic E-state index is 17.8. The Labute approximate surface area is 226 Å². The van der Waals surface area contributed by atoms with Crippen LogP contribution in [0.2, 0.25) is 0 Å². The quantitative estimate of drug-likeness (QED) is 0.331. The second kappa shape index (κ2) is 9.44. The molecule has 0 aromatic heterocycles. The van der Waals surface area contributed by atoms with Crippen molar-refractivity contribution < 1.29 is 33.0 Å². The summed E-state index contributed by atoms with van der Waals surface area (Å²) in [5, 5.41) is 11.5. The van der Waals surface area contributed by atoms with Crippen molar-refractivity contribution in [3.8, 4) is 0 Å². The average molecular weight is 559 g/mol. The first-order valence-corrected chi connectivity index (χ1v) is 14.6. The highest BCUT2D eigenvalue weighted by Gasteiger charge is 2.80. The SMILES string of the molecule is CCC(=O)OCC1(C)CC2(CC)C3CC(F)C4=CC(=O)C=CC4(C)C3(F)C(O)CC2(C)C1C(=O)SCCl. The lowest BCUT2D eigenvalue weighted by atomic mass is 9.39. The van der Waals surface area contributed by atoms with Crippen molar-refractivity contribution >= 4 is 40.2 Å². The van der Waals surface area contributed by atoms with E-state index in [0.29, 0.717) is 12.8 Å². The second-order valence-corrected chi connectivity index (χ2v) is 13.6. The lowest BCUT2D eigenvalue weighted by Gasteiger charge is -2.67. The van der Waals surface area contributed by atoms with E-state index in [-0.39, 0.29) is 41.8 Å². The Kier molecular flexibility index (Phi) is 7.34. The largest absolute Gasteiger partial charge is 0.465 e. The fourth-order valence-electron chi connectivity index (χ4n) is 8.95. The molecule has 3 saturated carbocycles. The second-order valence-electron chi connectivity index (χ2n) is 12.1. The number of aliphatic hydroxyl groups excluding tert-OH is 1. The number of ketones is 1. The van der Waals surface area contributed by atoms with Crippen LogP contribution in [0.5, 0.6) is 0 Å². The lowest BCUT2D eigenvalue weighted by molar-refractivity contribution is -0.237. The lowest BCUT2D eigenvalue weighted by Crippen LogP contribution is -2.71. The smallest absolute Gasteiger partial charge is 0.305 e. The molecule has 0 aromatic carbocycles. The Morgan fingerprint density at radius 2 is 1.95 bits per heavy atom. The summed E-state index contributed by atoms with van der Waals surface area (Å²) in [7, 11) is 0. The van der Waals surface area contributed by atoms with E-state index in [9.17, 15) is 19.5 Å². The summed E-state index contributed by atoms with van der Waals surface area (Å²) >= 11 is 6.91. The first-order chi connectivity index (χ1) is 17.2. The van der Waals surface area contributed by atoms with E-state index in [1.807, 2.05) is 20.8 Å². The van der Waals surface area contributed by atoms with E-state index in [1.54, 1.807) is 13.8 Å². The van der Waals surface area contributed by atoms with Crippen molar-refractivity contribution in [1.29, 1.82) is 0 Å². The van der Waals surface area contributed by atoms with E-state index in [1.165, 1.54) is 18.2 Å². The molecule has 0 aromatic rings. The Balaban J connectivity index is 1.91. The number of fused-ring (bicyclic) bond motifs is 5. The molecule has 0 bridgehead atoms. The van der Waals surface area contributed by atoms with Gasteiger partial charge in [0.15, 0.2) is 16.6 Å². The number of halogens is 3. The summed E-state index contributed by atoms with van der Waals surface area (Å²) in [4.78, 5) is 37.9. The maximum absolute atomic E-state index is 17.8. The number of hydrogen-bond donors (Lipinski definition) is 1. The van der Waals surface area contributed by atoms with Crippen molar-refractivity contribution in [3.05, 3.63) is 23.8 Å². The van der Waals surface area contributed by atoms with Gasteiger partial charge in [0.25, 0.3) is 0 Å². The molecule has 0 radical (unpaired) electrons. The van der Waals surface area contributed by atoms with Gasteiger partial charge in [0.1, 0.15) is 6.17 Å². The Hall–Kier alpha value is -1.25. The number of thioether (sulfide) groups is 1. The monoisotopic (exact) mass is 558 g/mol. The molecular weight excluding hydrogens is 522 g/mol. The molecule has 5 nitrogen and oxygen atoms in total. The minimum Gasteiger partial charge on any atom is -0.465 e. The highest BCUT2D eigenvalue weighted by atomic mass is 35.5. The number of carbonyl (C=O) groups excluding carboxylic acids is 3. The minimum absolute atomic E-state index is 0.0218. The number of allylic oxidation sites excluding steroid dienone is 4. The molecule has 0 aliphatic heterocycles. The molecule has 9 unspecified atom stereocenters. The average Bonchev–Trinajstić information content (AvgIpc) is 3.04. The van der Waals surface area contributed by atoms with Crippen LogP contribution in [-0.2, 0) is 19.1 Å². The third-order valence-corrected chi connectivity index (χ3v) is 11.4. The molecule has 0 heterocycles. The molecular formula is C28H37ClF2O5S. The van der Waals surface area contributed by atoms with Gasteiger partial charge in [-0.25, -0.2) is 8.78 Å². The van der Waals surface area contributed by atoms with E-state index in [4.69, 9.17) is 16.3 Å². The highest BCUT2D eigenvalue weighted by Crippen LogP contribution is 2.78. The van der Waals surface area contributed by atoms with Crippen LogP contribution in [0.1, 0.15) is 66.7 Å². The van der Waals surface area contributed by atoms with Gasteiger partial charge in [0.05, 0.1) is 17.9 Å². The van der Waals surface area contributed by atoms with Gasteiger partial charge in [-0.3, -0.25) is 14.4 Å². The number of esters is 1. The first-order valence-electron chi connectivity index (χ1n) is 13.0. The molecule has 9 atom stereocenters. The van der Waals surface area contributed by atoms with Crippen molar-refractivity contribution in [2.45, 2.75) is 84.7 Å². The number of rotatable bonds is 6. The zero-order valence-electron chi connectivity index (χ0n) is 22.1. The Morgan fingerprint density at radius 3 is 2.54 bits per heavy atom. The van der Waals surface area contributed by atoms with Crippen LogP contribution in [0.3, 0.4) is 0 Å². The van der Waals surface area contributed by atoms with Crippen molar-refractivity contribution in [3.63, 3.8) is 0 Å². The summed E-state index contributed by atoms with van der Waals surface area (Å²) in [6.45, 7) is 8.93. The predicted molar refractivity (Wildman–Crippen MR) is 139 cm³/mol. The van der Waals surface area contributed by atoms with Crippen LogP contribution in [0.15, 0.2) is 23.8 Å². The van der Waals surface area contributed by atoms with Crippen molar-refractivity contribution in [1.82, 2.24) is 0 Å². The van der Waals surface area contributed by atoms with Gasteiger partial charge in [-0.1, -0.05) is 45.5 Å². The van der Waals surface area contributed by atoms with Gasteiger partial charge in [0, 0.05) is 29.1 Å². The topological polar surface area (TPSA) is 80.7 Å². The van der Waals surface area contributed by atoms with Crippen LogP contribution >= 0.6 is 23.4 Å². The zero-order valence-corrected chi connectivity index (χ0v) is 23.7. The summed E-state index contributed by atoms with van der Waals surface area (Å²) in [5.41, 5.74) is -6.35. The fourth-order valence-corrected chi connectivity index (χ4v) is 10.1. The fraction of sp³-hybridized carbons (Fsp3) is 0.750. The molecule has 3 fully saturated rings. The maximum Gasteiger partial charge on any atom is 0.305 e. The van der Waals surface area contributed by atoms with Gasteiger partial charge >= 0.3 is 5.97 Å². The molecule has 206 valence electrons. The van der Waals surface area contributed by atoms with Crippen molar-refractivity contribution in [2.24, 2.45) is 33.5 Å². The summed E-state index contributed by atoms with van der Waals surface area (Å²) in [5.74, 6) is -2.43. The Morgan fingerprint density at radius 1 is 1.27 bits per heavy atom. The van der Waals surface area contributed by atoms with Crippen LogP contribution in [-0.4, -0.2) is 51.7 Å². The van der Waals surface area contributed by atoms with Crippen LogP contribution in [0, 0.1) is 33.5 Å². The van der Waals surface area contributed by atoms with Gasteiger partial charge in [-0.05, 0) is 61.2 Å². The van der Waals surface area contributed by atoms with Gasteiger partial charge in [-0.2, -0.15) is 0 Å². The molecule has 37 heavy (non-hydrogen) atoms. The molecule has 1 N–H and O–H groups in total. The summed E-state index contributed by atoms with van der Waals surface area (Å²) in [6, 6.07) is 0. The summed E-state index contributed by atoms with van der Waals surface area (Å²) < 4.78 is 39.2. The molecule has 4 aliphatic carbocycles. The zero-order chi connectivity index (χ0) is 27.6. The van der Waals surface area contributed by atoms with E-state index in [0.717, 1.165) is 11.8 Å². The standard InChI is InChI=1S/C28H37ClF2O5S/c1-6-21(34)36-14-24(3)13-27(7-2)19-11-18(30)17-10-16(32)8-9-25(17,4)28(19,31)20(33)12-26(27,5)22(24)23(35)37-15-29/h8-10,18-20,22,33H,6-7,11-15H2,1-5H3. The molecule has 9 heteroatoms. The van der Waals surface area contributed by atoms with Crippen LogP contribution < -0.4 is 0 Å². The van der Waals surface area contributed by atoms with Gasteiger partial charge in [-0.15, -0.1) is 11.6 Å². The normalized spacial score (nSPS) is 46.5. The minimum atomic E-state index is -2.26. The molecule has 0 spiro atoms. The first kappa shape index (κ1) is 28.8. The molecule has 0 saturated heterocycles. The van der Waals surface area contributed by atoms with Crippen LogP contribution in [0.25, 0.3) is 0 Å². The number of ether oxygens (including phenoxy) is 1. The third-order valence-electron chi connectivity index (χ3n) is 10.4. The number of alkyl halides is 3. The number of carbonyl (C=O) groups is 3. The highest BCUT2D eigenvalue weighted by molar-refractivity contribution is 8.14. The van der Waals surface area contributed by atoms with E-state index in [2.05, 4.69) is 0 Å². The third kappa shape index (κ3) is 3.75. The van der Waals surface area contributed by atoms with Gasteiger partial charge in [0.2, 0.25) is 0 Å². The Bertz CT molecular complexity index is 1070. The molecule has 4 aliphatic rings. The summed E-state index contributed by atoms with van der Waals surface area (Å²) in [6.07, 6.45) is 1.51. The number of hydrogen-bond acceptors (Lipinski definition) is 6. The van der Waals surface area contributed by atoms with E-state index >= 15 is 8.78 Å². The molecule has 4 rings (SSSR count). The number of aliphatic hydroxyl groups is 1. The van der Waals surface area contributed by atoms with Gasteiger partial charge < -0.3 is 9.84 Å². The predicted octanol–water partition coefficient (Wildman–Crippen LogP) is 5.73.